The molecule has 10 rings (SSSR count). The van der Waals surface area contributed by atoms with E-state index in [-0.39, 0.29) is 53.6 Å². The van der Waals surface area contributed by atoms with Crippen LogP contribution in [-0.2, 0) is 53.6 Å². The normalized spacial score (nSPS) is 13.6. The Morgan fingerprint density at radius 1 is 0.434 bits per heavy atom. The molecule has 2 aromatic heterocycles. The Morgan fingerprint density at radius 2 is 1.00 bits per heavy atom. The molecule has 0 spiro atoms. The number of rotatable bonds is 9. The first-order chi connectivity index (χ1) is 35.2. The third-order valence-electron chi connectivity index (χ3n) is 15.7. The predicted molar refractivity (Wildman–Crippen MR) is 316 cm³/mol. The Labute approximate surface area is 468 Å². The van der Waals surface area contributed by atoms with Crippen molar-refractivity contribution in [1.29, 1.82) is 0 Å². The third kappa shape index (κ3) is 10.2. The molecule has 3 heterocycles. The largest absolute Gasteiger partial charge is 0.509 e. The average molecular weight is 1180 g/mol. The van der Waals surface area contributed by atoms with E-state index in [4.69, 9.17) is 9.72 Å². The Hall–Kier alpha value is -6.42. The fourth-order valence-electron chi connectivity index (χ4n) is 10.8. The summed E-state index contributed by atoms with van der Waals surface area (Å²) in [5.74, 6) is 2.07. The maximum Gasteiger partial charge on any atom is 0.135 e. The third-order valence-corrected chi connectivity index (χ3v) is 15.7. The summed E-state index contributed by atoms with van der Waals surface area (Å²) in [5.41, 5.74) is 15.4. The van der Waals surface area contributed by atoms with Crippen molar-refractivity contribution in [1.82, 2.24) is 9.55 Å². The number of benzene rings is 7. The van der Waals surface area contributed by atoms with Crippen molar-refractivity contribution >= 4 is 44.6 Å². The van der Waals surface area contributed by atoms with Gasteiger partial charge in [-0.25, -0.2) is 4.98 Å². The number of aromatic nitrogens is 2. The van der Waals surface area contributed by atoms with E-state index < -0.39 is 0 Å². The van der Waals surface area contributed by atoms with E-state index in [1.807, 2.05) is 6.20 Å². The molecule has 7 aromatic carbocycles. The molecule has 394 valence electrons. The van der Waals surface area contributed by atoms with Crippen LogP contribution in [0.4, 0.5) is 22.7 Å². The zero-order chi connectivity index (χ0) is 53.6. The maximum absolute atomic E-state index is 7.06. The van der Waals surface area contributed by atoms with Gasteiger partial charge in [0.25, 0.3) is 0 Å². The molecule has 76 heavy (non-hydrogen) atoms. The fourth-order valence-corrected chi connectivity index (χ4v) is 10.8. The van der Waals surface area contributed by atoms with Crippen LogP contribution in [0, 0.1) is 18.8 Å². The van der Waals surface area contributed by atoms with Gasteiger partial charge in [-0.15, -0.1) is 53.6 Å². The van der Waals surface area contributed by atoms with Crippen LogP contribution in [0.1, 0.15) is 155 Å². The van der Waals surface area contributed by atoms with E-state index in [9.17, 15) is 0 Å². The van der Waals surface area contributed by atoms with E-state index in [1.54, 1.807) is 0 Å². The van der Waals surface area contributed by atoms with E-state index >= 15 is 0 Å². The molecule has 9 aromatic rings. The van der Waals surface area contributed by atoms with Gasteiger partial charge in [0.1, 0.15) is 5.82 Å². The fraction of sp³-hybridized carbons (Fsp3) is 0.314. The minimum atomic E-state index is -0.219. The zero-order valence-electron chi connectivity index (χ0n) is 47.6. The van der Waals surface area contributed by atoms with Crippen molar-refractivity contribution < 1.29 is 25.8 Å². The SMILES string of the molecule is CC(C)(C)c1cc(Oc2[c-]c3c(cc2)c2cc(C(C)(C)c4ccccc4)ccc2n3-c2cc(C(C)(C)C)ccn2)[c-]c(N2[CH-]N(c3cccc(C(C)(C)c4ccccc4)c3)c3cc(C(C)(C)C)c(C(C)(C)C)cc32)c1.[Pt]. The summed E-state index contributed by atoms with van der Waals surface area (Å²) in [7, 11) is 0. The summed E-state index contributed by atoms with van der Waals surface area (Å²) < 4.78 is 9.32. The molecule has 0 fully saturated rings. The molecule has 0 saturated heterocycles. The van der Waals surface area contributed by atoms with Crippen LogP contribution >= 0.6 is 0 Å². The summed E-state index contributed by atoms with van der Waals surface area (Å²) in [6.45, 7) is 39.0. The molecule has 6 heteroatoms. The Morgan fingerprint density at radius 3 is 1.58 bits per heavy atom. The summed E-state index contributed by atoms with van der Waals surface area (Å²) in [4.78, 5) is 9.71. The van der Waals surface area contributed by atoms with E-state index in [0.29, 0.717) is 11.5 Å². The predicted octanol–water partition coefficient (Wildman–Crippen LogP) is 18.8. The quantitative estimate of drug-likeness (QED) is 0.135. The first-order valence-electron chi connectivity index (χ1n) is 26.8. The van der Waals surface area contributed by atoms with Crippen LogP contribution in [0.15, 0.2) is 158 Å². The summed E-state index contributed by atoms with van der Waals surface area (Å²) in [5, 5.41) is 2.23. The summed E-state index contributed by atoms with van der Waals surface area (Å²) in [6, 6.07) is 63.0. The van der Waals surface area contributed by atoms with Crippen molar-refractivity contribution in [2.75, 3.05) is 9.80 Å². The van der Waals surface area contributed by atoms with Gasteiger partial charge in [0.15, 0.2) is 0 Å². The molecular weight excluding hydrogens is 1110 g/mol. The van der Waals surface area contributed by atoms with Gasteiger partial charge in [0, 0.05) is 72.2 Å². The van der Waals surface area contributed by atoms with E-state index in [1.165, 1.54) is 38.9 Å². The van der Waals surface area contributed by atoms with Gasteiger partial charge in [-0.05, 0) is 108 Å². The van der Waals surface area contributed by atoms with Gasteiger partial charge in [-0.3, -0.25) is 0 Å². The van der Waals surface area contributed by atoms with Crippen LogP contribution in [0.25, 0.3) is 27.6 Å². The summed E-state index contributed by atoms with van der Waals surface area (Å²) >= 11 is 0. The summed E-state index contributed by atoms with van der Waals surface area (Å²) in [6.07, 6.45) is 1.93. The molecule has 0 bridgehead atoms. The van der Waals surface area contributed by atoms with Crippen molar-refractivity contribution in [3.63, 3.8) is 0 Å². The van der Waals surface area contributed by atoms with Gasteiger partial charge in [-0.1, -0.05) is 201 Å². The number of anilines is 4. The Bertz CT molecular complexity index is 3600. The second-order valence-electron chi connectivity index (χ2n) is 26.0. The first kappa shape index (κ1) is 54.4. The number of hydrogen-bond donors (Lipinski definition) is 0. The van der Waals surface area contributed by atoms with Crippen LogP contribution in [-0.4, -0.2) is 9.55 Å². The molecule has 0 radical (unpaired) electrons. The number of ether oxygens (including phenoxy) is 1. The smallest absolute Gasteiger partial charge is 0.135 e. The molecule has 0 unspecified atom stereocenters. The number of nitrogens with zero attached hydrogens (tertiary/aromatic N) is 4. The molecule has 1 aliphatic rings. The minimum absolute atomic E-state index is 0. The van der Waals surface area contributed by atoms with Crippen LogP contribution < -0.4 is 14.5 Å². The van der Waals surface area contributed by atoms with Gasteiger partial charge in [0.05, 0.1) is 0 Å². The number of pyridine rings is 1. The maximum atomic E-state index is 7.06. The van der Waals surface area contributed by atoms with Crippen LogP contribution in [0.3, 0.4) is 0 Å². The van der Waals surface area contributed by atoms with Crippen molar-refractivity contribution in [3.05, 3.63) is 221 Å². The molecule has 0 saturated carbocycles. The topological polar surface area (TPSA) is 33.5 Å². The number of hydrogen-bond acceptors (Lipinski definition) is 4. The molecule has 0 amide bonds. The van der Waals surface area contributed by atoms with Gasteiger partial charge in [-0.2, -0.15) is 6.07 Å². The van der Waals surface area contributed by atoms with Crippen molar-refractivity contribution in [3.8, 4) is 17.3 Å². The second-order valence-corrected chi connectivity index (χ2v) is 26.0. The first-order valence-corrected chi connectivity index (χ1v) is 26.8. The monoisotopic (exact) mass is 1180 g/mol. The molecule has 0 N–H and O–H groups in total. The molecule has 5 nitrogen and oxygen atoms in total. The minimum Gasteiger partial charge on any atom is -0.509 e. The van der Waals surface area contributed by atoms with Gasteiger partial charge < -0.3 is 19.1 Å². The second kappa shape index (κ2) is 19.5. The van der Waals surface area contributed by atoms with Gasteiger partial charge >= 0.3 is 0 Å². The molecule has 1 aliphatic heterocycles. The molecule has 0 aliphatic carbocycles. The number of fused-ring (bicyclic) bond motifs is 4. The zero-order valence-corrected chi connectivity index (χ0v) is 49.9. The standard InChI is InChI=1S/C70H75N4O.Pt/c1-65(2,3)48-34-35-71-64(40-48)74-60-33-30-50(70(15,16)47-26-21-18-22-27-47)39-57(60)56-32-31-54(42-61(56)74)75-55-38-51(66(4,5)6)37-53(41-55)73-45-72(62-43-58(67(7,8)9)59(44-63(62)73)68(10,11)12)52-29-23-28-49(36-52)69(13,14)46-24-19-17-20-25-46;/h17-40,43-45H,1-16H3;/q-3;. The average Bonchev–Trinajstić information content (AvgIpc) is 3.92. The molecular formula is C70H75N4OPt-3. The Kier molecular flexibility index (Phi) is 14.0. The van der Waals surface area contributed by atoms with Crippen LogP contribution in [0.5, 0.6) is 11.5 Å². The molecule has 0 atom stereocenters. The van der Waals surface area contributed by atoms with Crippen LogP contribution in [0.2, 0.25) is 0 Å². The van der Waals surface area contributed by atoms with Crippen molar-refractivity contribution in [2.24, 2.45) is 0 Å². The Balaban J connectivity index is 0.00000706. The van der Waals surface area contributed by atoms with Gasteiger partial charge in [0.2, 0.25) is 0 Å². The van der Waals surface area contributed by atoms with Crippen molar-refractivity contribution in [2.45, 2.75) is 143 Å². The van der Waals surface area contributed by atoms with E-state index in [0.717, 1.165) is 55.9 Å². The van der Waals surface area contributed by atoms with E-state index in [2.05, 4.69) is 296 Å².